The van der Waals surface area contributed by atoms with E-state index in [4.69, 9.17) is 28.4 Å². The summed E-state index contributed by atoms with van der Waals surface area (Å²) in [5, 5.41) is 139. The summed E-state index contributed by atoms with van der Waals surface area (Å²) in [6.07, 6.45) is -18.1. The monoisotopic (exact) mass is 960 g/mol. The Bertz CT molecular complexity index is 1820. The van der Waals surface area contributed by atoms with Gasteiger partial charge in [-0.05, 0) is 97.2 Å². The summed E-state index contributed by atoms with van der Waals surface area (Å²) in [7, 11) is 0. The topological polar surface area (TPSA) is 335 Å². The molecule has 0 amide bonds. The molecule has 4 saturated carbocycles. The highest BCUT2D eigenvalue weighted by molar-refractivity contribution is 5.79. The van der Waals surface area contributed by atoms with Crippen LogP contribution in [-0.4, -0.2) is 204 Å². The number of carbonyl (C=O) groups excluding carboxylic acids is 1. The first-order chi connectivity index (χ1) is 31.4. The van der Waals surface area contributed by atoms with Crippen molar-refractivity contribution in [2.45, 2.75) is 191 Å². The fourth-order valence-corrected chi connectivity index (χ4v) is 14.9. The molecule has 0 unspecified atom stereocenters. The van der Waals surface area contributed by atoms with Gasteiger partial charge in [0.2, 0.25) is 6.29 Å². The van der Waals surface area contributed by atoms with Crippen molar-refractivity contribution in [1.82, 2.24) is 0 Å². The van der Waals surface area contributed by atoms with Gasteiger partial charge < -0.3 is 94.8 Å². The van der Waals surface area contributed by atoms with Gasteiger partial charge in [0.15, 0.2) is 12.6 Å². The van der Waals surface area contributed by atoms with Gasteiger partial charge in [-0.1, -0.05) is 46.3 Å². The van der Waals surface area contributed by atoms with E-state index in [1.807, 2.05) is 13.8 Å². The predicted molar refractivity (Wildman–Crippen MR) is 228 cm³/mol. The minimum Gasteiger partial charge on any atom is -0.432 e. The summed E-state index contributed by atoms with van der Waals surface area (Å²) in [5.41, 5.74) is -3.08. The molecule has 3 saturated heterocycles. The molecular weight excluding hydrogens is 884 g/mol. The van der Waals surface area contributed by atoms with E-state index in [9.17, 15) is 71.2 Å². The standard InChI is InChI=1S/C47H76O20/c1-42(19-50)10-12-47(41(61)67-39-35(60)33(58)31(56)26(17-49)64-39)13-11-45(4)21(22(47)14-42)6-7-28-43(2)15-23(52)37(44(3,20-51)27(43)8-9-46(28,45)5)66-40-36(29(54)24(53)18-62-40)65-38-34(59)32(57)30(55)25(16-48)63-38/h6,22-40,48-60H,7-20H2,1-5H3/t22-,23-,24+,25+,26+,27+,28+,29-,30+,31+,32-,33-,34+,35+,36+,37-,38-,39-,40-,42-,43-,44-,45+,46+,47-/m0/s1. The Labute approximate surface area is 390 Å². The maximum absolute atomic E-state index is 14.7. The zero-order valence-electron chi connectivity index (χ0n) is 39.1. The summed E-state index contributed by atoms with van der Waals surface area (Å²) in [4.78, 5) is 14.7. The molecule has 8 aliphatic rings. The van der Waals surface area contributed by atoms with Crippen LogP contribution in [0, 0.1) is 50.2 Å². The van der Waals surface area contributed by atoms with Crippen molar-refractivity contribution in [2.75, 3.05) is 33.0 Å². The second-order valence-electron chi connectivity index (χ2n) is 22.8. The normalized spacial score (nSPS) is 55.6. The number of aliphatic hydroxyl groups excluding tert-OH is 13. The lowest BCUT2D eigenvalue weighted by molar-refractivity contribution is -0.373. The van der Waals surface area contributed by atoms with Gasteiger partial charge in [0, 0.05) is 12.0 Å². The van der Waals surface area contributed by atoms with E-state index in [1.165, 1.54) is 0 Å². The third-order valence-corrected chi connectivity index (χ3v) is 19.3. The average molecular weight is 961 g/mol. The number of rotatable bonds is 10. The maximum Gasteiger partial charge on any atom is 0.315 e. The van der Waals surface area contributed by atoms with Crippen molar-refractivity contribution in [1.29, 1.82) is 0 Å². The fourth-order valence-electron chi connectivity index (χ4n) is 14.9. The second-order valence-corrected chi connectivity index (χ2v) is 22.8. The Balaban J connectivity index is 1.07. The van der Waals surface area contributed by atoms with Gasteiger partial charge in [0.25, 0.3) is 0 Å². The van der Waals surface area contributed by atoms with Crippen LogP contribution in [0.15, 0.2) is 11.6 Å². The van der Waals surface area contributed by atoms with E-state index in [2.05, 4.69) is 26.8 Å². The highest BCUT2D eigenvalue weighted by atomic mass is 16.8. The summed E-state index contributed by atoms with van der Waals surface area (Å²) in [6, 6.07) is 0. The number of allylic oxidation sites excluding steroid dienone is 2. The number of esters is 1. The molecule has 0 spiro atoms. The Morgan fingerprint density at radius 2 is 1.27 bits per heavy atom. The molecule has 7 fully saturated rings. The molecule has 20 nitrogen and oxygen atoms in total. The fraction of sp³-hybridized carbons (Fsp3) is 0.936. The van der Waals surface area contributed by atoms with Crippen LogP contribution in [-0.2, 0) is 33.2 Å². The molecule has 384 valence electrons. The van der Waals surface area contributed by atoms with E-state index in [1.54, 1.807) is 0 Å². The SMILES string of the molecule is C[C@]1(CO)CC[C@]2(C(=O)O[C@@H]3O[C@H](CO)[C@@H](O)[C@H](O)[C@H]3O)CC[C@]3(C)C(=CC[C@@H]4[C@@]5(C)C[C@H](O)[C@H](O[C@@H]6OC[C@@H](O)[C@H](O)[C@H]6O[C@@H]6O[C@H](CO)[C@@H](O)[C@H](O)[C@H]6O)[C@@](C)(CO)[C@@H]5CC[C@]43C)[C@@H]2C1. The summed E-state index contributed by atoms with van der Waals surface area (Å²) < 4.78 is 35.5. The third kappa shape index (κ3) is 7.99. The van der Waals surface area contributed by atoms with E-state index in [0.29, 0.717) is 51.4 Å². The van der Waals surface area contributed by atoms with E-state index < -0.39 is 157 Å². The smallest absolute Gasteiger partial charge is 0.315 e. The molecule has 5 aliphatic carbocycles. The molecule has 0 aromatic heterocycles. The number of fused-ring (bicyclic) bond motifs is 7. The van der Waals surface area contributed by atoms with E-state index in [0.717, 1.165) is 5.57 Å². The van der Waals surface area contributed by atoms with Gasteiger partial charge >= 0.3 is 5.97 Å². The summed E-state index contributed by atoms with van der Waals surface area (Å²) >= 11 is 0. The van der Waals surface area contributed by atoms with Crippen LogP contribution in [0.25, 0.3) is 0 Å². The lowest BCUT2D eigenvalue weighted by Gasteiger charge is -2.72. The zero-order valence-corrected chi connectivity index (χ0v) is 39.1. The molecule has 3 heterocycles. The van der Waals surface area contributed by atoms with Gasteiger partial charge in [0.05, 0.1) is 44.1 Å². The van der Waals surface area contributed by atoms with Crippen LogP contribution in [0.3, 0.4) is 0 Å². The Morgan fingerprint density at radius 1 is 0.657 bits per heavy atom. The first-order valence-electron chi connectivity index (χ1n) is 24.2. The van der Waals surface area contributed by atoms with Crippen LogP contribution in [0.1, 0.15) is 92.4 Å². The van der Waals surface area contributed by atoms with Crippen LogP contribution in [0.5, 0.6) is 0 Å². The molecule has 3 aliphatic heterocycles. The third-order valence-electron chi connectivity index (χ3n) is 19.3. The first-order valence-corrected chi connectivity index (χ1v) is 24.2. The molecular formula is C47H76O20. The molecule has 20 heteroatoms. The minimum atomic E-state index is -1.83. The van der Waals surface area contributed by atoms with Gasteiger partial charge in [-0.2, -0.15) is 0 Å². The Hall–Kier alpha value is -1.51. The second kappa shape index (κ2) is 18.5. The van der Waals surface area contributed by atoms with E-state index in [-0.39, 0.29) is 37.4 Å². The molecule has 8 rings (SSSR count). The number of carbonyl (C=O) groups is 1. The van der Waals surface area contributed by atoms with Crippen LogP contribution >= 0.6 is 0 Å². The van der Waals surface area contributed by atoms with Crippen molar-refractivity contribution in [2.24, 2.45) is 50.2 Å². The summed E-state index contributed by atoms with van der Waals surface area (Å²) in [5.74, 6) is -1.27. The van der Waals surface area contributed by atoms with E-state index >= 15 is 0 Å². The Morgan fingerprint density at radius 3 is 1.88 bits per heavy atom. The zero-order chi connectivity index (χ0) is 49.0. The van der Waals surface area contributed by atoms with Crippen molar-refractivity contribution >= 4 is 5.97 Å². The van der Waals surface area contributed by atoms with Gasteiger partial charge in [-0.3, -0.25) is 4.79 Å². The minimum absolute atomic E-state index is 0.0412. The van der Waals surface area contributed by atoms with Crippen molar-refractivity contribution < 1.29 is 99.6 Å². The maximum atomic E-state index is 14.7. The van der Waals surface area contributed by atoms with Crippen molar-refractivity contribution in [3.8, 4) is 0 Å². The Kier molecular flexibility index (Phi) is 14.3. The predicted octanol–water partition coefficient (Wildman–Crippen LogP) is -2.30. The highest BCUT2D eigenvalue weighted by Crippen LogP contribution is 2.76. The summed E-state index contributed by atoms with van der Waals surface area (Å²) in [6.45, 7) is 8.25. The lowest BCUT2D eigenvalue weighted by atomic mass is 9.33. The quantitative estimate of drug-likeness (QED) is 0.0622. The molecule has 0 aromatic rings. The van der Waals surface area contributed by atoms with Gasteiger partial charge in [-0.15, -0.1) is 0 Å². The molecule has 0 aromatic carbocycles. The number of ether oxygens (including phenoxy) is 6. The van der Waals surface area contributed by atoms with Crippen LogP contribution in [0.2, 0.25) is 0 Å². The van der Waals surface area contributed by atoms with Crippen LogP contribution in [0.4, 0.5) is 0 Å². The van der Waals surface area contributed by atoms with Crippen LogP contribution < -0.4 is 0 Å². The molecule has 25 atom stereocenters. The number of aliphatic hydroxyl groups is 13. The largest absolute Gasteiger partial charge is 0.432 e. The molecule has 0 radical (unpaired) electrons. The van der Waals surface area contributed by atoms with Gasteiger partial charge in [-0.25, -0.2) is 0 Å². The van der Waals surface area contributed by atoms with Crippen molar-refractivity contribution in [3.05, 3.63) is 11.6 Å². The first kappa shape index (κ1) is 51.8. The van der Waals surface area contributed by atoms with Crippen molar-refractivity contribution in [3.63, 3.8) is 0 Å². The molecule has 13 N–H and O–H groups in total. The number of hydrogen-bond acceptors (Lipinski definition) is 20. The highest BCUT2D eigenvalue weighted by Gasteiger charge is 2.72. The molecule has 67 heavy (non-hydrogen) atoms. The molecule has 0 bridgehead atoms. The van der Waals surface area contributed by atoms with Gasteiger partial charge in [0.1, 0.15) is 67.1 Å². The average Bonchev–Trinajstić information content (AvgIpc) is 3.30. The number of hydrogen-bond donors (Lipinski definition) is 13. The lowest BCUT2D eigenvalue weighted by Crippen LogP contribution is -2.69.